The standard InChI is InChI=1S/C26H28N6O2/c1-3-9-23-28-24(21-18-27-32(25(21)29-23)19-10-5-4-6-11-19)30-14-16-31(17-15-30)26(33)20-12-7-8-13-22(20)34-2/h4-8,10-13,18H,3,9,14-17H2,1-2H3. The molecule has 2 aromatic carbocycles. The number of nitrogens with zero attached hydrogens (tertiary/aromatic N) is 6. The SMILES string of the molecule is CCCc1nc(N2CCN(C(=O)c3ccccc3OC)CC2)c2cnn(-c3ccccc3)c2n1. The minimum atomic E-state index is -0.00602. The lowest BCUT2D eigenvalue weighted by Gasteiger charge is -2.36. The first-order valence-corrected chi connectivity index (χ1v) is 11.7. The minimum absolute atomic E-state index is 0.00602. The molecule has 0 spiro atoms. The monoisotopic (exact) mass is 456 g/mol. The van der Waals surface area contributed by atoms with Crippen LogP contribution in [0.15, 0.2) is 60.8 Å². The minimum Gasteiger partial charge on any atom is -0.496 e. The highest BCUT2D eigenvalue weighted by molar-refractivity contribution is 5.97. The van der Waals surface area contributed by atoms with Crippen molar-refractivity contribution < 1.29 is 9.53 Å². The number of anilines is 1. The molecular formula is C26H28N6O2. The molecule has 8 nitrogen and oxygen atoms in total. The van der Waals surface area contributed by atoms with Crippen LogP contribution in [0.4, 0.5) is 5.82 Å². The molecule has 0 unspecified atom stereocenters. The number of aryl methyl sites for hydroxylation is 1. The molecule has 0 radical (unpaired) electrons. The Morgan fingerprint density at radius 1 is 0.971 bits per heavy atom. The first-order valence-electron chi connectivity index (χ1n) is 11.7. The van der Waals surface area contributed by atoms with E-state index in [1.165, 1.54) is 0 Å². The average Bonchev–Trinajstić information content (AvgIpc) is 3.32. The number of aromatic nitrogens is 4. The van der Waals surface area contributed by atoms with Crippen LogP contribution in [0.25, 0.3) is 16.7 Å². The van der Waals surface area contributed by atoms with Gasteiger partial charge in [0.1, 0.15) is 17.4 Å². The molecule has 0 aliphatic carbocycles. The molecular weight excluding hydrogens is 428 g/mol. The summed E-state index contributed by atoms with van der Waals surface area (Å²) in [5.74, 6) is 2.30. The van der Waals surface area contributed by atoms with Crippen molar-refractivity contribution in [1.29, 1.82) is 0 Å². The van der Waals surface area contributed by atoms with Gasteiger partial charge >= 0.3 is 0 Å². The number of piperazine rings is 1. The van der Waals surface area contributed by atoms with E-state index in [1.54, 1.807) is 7.11 Å². The fraction of sp³-hybridized carbons (Fsp3) is 0.308. The Kier molecular flexibility index (Phi) is 6.12. The van der Waals surface area contributed by atoms with Crippen molar-refractivity contribution >= 4 is 22.8 Å². The number of carbonyl (C=O) groups excluding carboxylic acids is 1. The van der Waals surface area contributed by atoms with Gasteiger partial charge < -0.3 is 14.5 Å². The van der Waals surface area contributed by atoms with E-state index in [4.69, 9.17) is 14.7 Å². The maximum atomic E-state index is 13.1. The van der Waals surface area contributed by atoms with Gasteiger partial charge in [0.15, 0.2) is 5.65 Å². The van der Waals surface area contributed by atoms with E-state index < -0.39 is 0 Å². The Balaban J connectivity index is 1.43. The van der Waals surface area contributed by atoms with Crippen molar-refractivity contribution in [3.05, 3.63) is 72.2 Å². The molecule has 5 rings (SSSR count). The van der Waals surface area contributed by atoms with Gasteiger partial charge in [0.05, 0.1) is 29.9 Å². The van der Waals surface area contributed by atoms with E-state index >= 15 is 0 Å². The highest BCUT2D eigenvalue weighted by atomic mass is 16.5. The zero-order chi connectivity index (χ0) is 23.5. The topological polar surface area (TPSA) is 76.4 Å². The second kappa shape index (κ2) is 9.51. The van der Waals surface area contributed by atoms with E-state index in [-0.39, 0.29) is 5.91 Å². The van der Waals surface area contributed by atoms with Crippen molar-refractivity contribution in [2.75, 3.05) is 38.2 Å². The quantitative estimate of drug-likeness (QED) is 0.440. The fourth-order valence-corrected chi connectivity index (χ4v) is 4.38. The number of ether oxygens (including phenoxy) is 1. The Bertz CT molecular complexity index is 1300. The summed E-state index contributed by atoms with van der Waals surface area (Å²) in [4.78, 5) is 27.0. The summed E-state index contributed by atoms with van der Waals surface area (Å²) in [5, 5.41) is 5.56. The van der Waals surface area contributed by atoms with Gasteiger partial charge in [0.2, 0.25) is 0 Å². The summed E-state index contributed by atoms with van der Waals surface area (Å²) in [7, 11) is 1.59. The number of carbonyl (C=O) groups is 1. The smallest absolute Gasteiger partial charge is 0.257 e. The maximum Gasteiger partial charge on any atom is 0.257 e. The van der Waals surface area contributed by atoms with E-state index in [1.807, 2.05) is 70.4 Å². The van der Waals surface area contributed by atoms with Crippen LogP contribution >= 0.6 is 0 Å². The Morgan fingerprint density at radius 3 is 2.44 bits per heavy atom. The predicted octanol–water partition coefficient (Wildman–Crippen LogP) is 3.74. The van der Waals surface area contributed by atoms with Gasteiger partial charge in [-0.25, -0.2) is 14.6 Å². The molecule has 0 atom stereocenters. The van der Waals surface area contributed by atoms with Gasteiger partial charge in [-0.15, -0.1) is 0 Å². The van der Waals surface area contributed by atoms with Crippen LogP contribution in [-0.4, -0.2) is 63.8 Å². The van der Waals surface area contributed by atoms with E-state index in [2.05, 4.69) is 16.9 Å². The third kappa shape index (κ3) is 4.07. The molecule has 1 aliphatic heterocycles. The third-order valence-electron chi connectivity index (χ3n) is 6.13. The number of benzene rings is 2. The van der Waals surface area contributed by atoms with Crippen LogP contribution in [0.2, 0.25) is 0 Å². The molecule has 1 saturated heterocycles. The normalized spacial score (nSPS) is 13.9. The lowest BCUT2D eigenvalue weighted by atomic mass is 10.1. The molecule has 0 saturated carbocycles. The first-order chi connectivity index (χ1) is 16.7. The number of para-hydroxylation sites is 2. The molecule has 0 bridgehead atoms. The van der Waals surface area contributed by atoms with Crippen LogP contribution in [-0.2, 0) is 6.42 Å². The third-order valence-corrected chi connectivity index (χ3v) is 6.13. The second-order valence-corrected chi connectivity index (χ2v) is 8.32. The number of amides is 1. The highest BCUT2D eigenvalue weighted by Crippen LogP contribution is 2.28. The first kappa shape index (κ1) is 21.9. The van der Waals surface area contributed by atoms with Gasteiger partial charge in [-0.3, -0.25) is 4.79 Å². The molecule has 2 aromatic heterocycles. The van der Waals surface area contributed by atoms with Gasteiger partial charge in [0, 0.05) is 32.6 Å². The molecule has 174 valence electrons. The van der Waals surface area contributed by atoms with Crippen LogP contribution in [0, 0.1) is 0 Å². The van der Waals surface area contributed by atoms with Crippen LogP contribution in [0.5, 0.6) is 5.75 Å². The molecule has 1 aliphatic rings. The Hall–Kier alpha value is -3.94. The molecule has 3 heterocycles. The lowest BCUT2D eigenvalue weighted by Crippen LogP contribution is -2.49. The fourth-order valence-electron chi connectivity index (χ4n) is 4.38. The van der Waals surface area contributed by atoms with Gasteiger partial charge in [-0.2, -0.15) is 5.10 Å². The second-order valence-electron chi connectivity index (χ2n) is 8.32. The summed E-state index contributed by atoms with van der Waals surface area (Å²) in [6, 6.07) is 17.4. The molecule has 0 N–H and O–H groups in total. The Morgan fingerprint density at radius 2 is 1.71 bits per heavy atom. The molecule has 8 heteroatoms. The number of hydrogen-bond donors (Lipinski definition) is 0. The van der Waals surface area contributed by atoms with E-state index in [9.17, 15) is 4.79 Å². The Labute approximate surface area is 198 Å². The summed E-state index contributed by atoms with van der Waals surface area (Å²) in [6.07, 6.45) is 3.61. The number of rotatable bonds is 6. The van der Waals surface area contributed by atoms with E-state index in [0.717, 1.165) is 41.2 Å². The van der Waals surface area contributed by atoms with Gasteiger partial charge in [-0.1, -0.05) is 37.3 Å². The highest BCUT2D eigenvalue weighted by Gasteiger charge is 2.27. The number of methoxy groups -OCH3 is 1. The van der Waals surface area contributed by atoms with Crippen molar-refractivity contribution in [2.24, 2.45) is 0 Å². The zero-order valence-corrected chi connectivity index (χ0v) is 19.5. The van der Waals surface area contributed by atoms with Crippen LogP contribution in [0.3, 0.4) is 0 Å². The summed E-state index contributed by atoms with van der Waals surface area (Å²) in [6.45, 7) is 4.73. The molecule has 34 heavy (non-hydrogen) atoms. The molecule has 1 amide bonds. The molecule has 4 aromatic rings. The summed E-state index contributed by atoms with van der Waals surface area (Å²) in [5.41, 5.74) is 2.38. The number of fused-ring (bicyclic) bond motifs is 1. The largest absolute Gasteiger partial charge is 0.496 e. The van der Waals surface area contributed by atoms with Crippen molar-refractivity contribution in [3.8, 4) is 11.4 Å². The predicted molar refractivity (Wildman–Crippen MR) is 132 cm³/mol. The van der Waals surface area contributed by atoms with Gasteiger partial charge in [0.25, 0.3) is 5.91 Å². The van der Waals surface area contributed by atoms with Crippen molar-refractivity contribution in [2.45, 2.75) is 19.8 Å². The lowest BCUT2D eigenvalue weighted by molar-refractivity contribution is 0.0743. The van der Waals surface area contributed by atoms with Crippen molar-refractivity contribution in [1.82, 2.24) is 24.6 Å². The number of hydrogen-bond acceptors (Lipinski definition) is 6. The van der Waals surface area contributed by atoms with Crippen LogP contribution in [0.1, 0.15) is 29.5 Å². The van der Waals surface area contributed by atoms with Crippen LogP contribution < -0.4 is 9.64 Å². The molecule has 1 fully saturated rings. The zero-order valence-electron chi connectivity index (χ0n) is 19.5. The average molecular weight is 457 g/mol. The van der Waals surface area contributed by atoms with E-state index in [0.29, 0.717) is 37.5 Å². The summed E-state index contributed by atoms with van der Waals surface area (Å²) >= 11 is 0. The maximum absolute atomic E-state index is 13.1. The summed E-state index contributed by atoms with van der Waals surface area (Å²) < 4.78 is 7.26. The van der Waals surface area contributed by atoms with Crippen molar-refractivity contribution in [3.63, 3.8) is 0 Å². The van der Waals surface area contributed by atoms with Gasteiger partial charge in [-0.05, 0) is 30.7 Å².